The third-order valence-electron chi connectivity index (χ3n) is 3.06. The van der Waals surface area contributed by atoms with Crippen LogP contribution in [-0.2, 0) is 10.0 Å². The van der Waals surface area contributed by atoms with Gasteiger partial charge < -0.3 is 10.3 Å². The highest BCUT2D eigenvalue weighted by Crippen LogP contribution is 2.25. The average Bonchev–Trinajstić information content (AvgIpc) is 2.59. The summed E-state index contributed by atoms with van der Waals surface area (Å²) >= 11 is 0. The van der Waals surface area contributed by atoms with Gasteiger partial charge in [-0.15, -0.1) is 12.4 Å². The second-order valence-electron chi connectivity index (χ2n) is 4.39. The van der Waals surface area contributed by atoms with Gasteiger partial charge in [-0.2, -0.15) is 4.31 Å². The predicted molar refractivity (Wildman–Crippen MR) is 69.2 cm³/mol. The van der Waals surface area contributed by atoms with E-state index in [-0.39, 0.29) is 23.3 Å². The number of halogens is 1. The molecule has 0 radical (unpaired) electrons. The van der Waals surface area contributed by atoms with Crippen LogP contribution in [0.4, 0.5) is 0 Å². The van der Waals surface area contributed by atoms with E-state index < -0.39 is 10.0 Å². The van der Waals surface area contributed by atoms with E-state index in [4.69, 9.17) is 10.3 Å². The van der Waals surface area contributed by atoms with Crippen LogP contribution in [0, 0.1) is 13.8 Å². The van der Waals surface area contributed by atoms with Gasteiger partial charge in [0.1, 0.15) is 10.6 Å². The number of hydrogen-bond donors (Lipinski definition) is 1. The second kappa shape index (κ2) is 5.56. The maximum atomic E-state index is 12.4. The summed E-state index contributed by atoms with van der Waals surface area (Å²) in [6.07, 6.45) is 1.39. The van der Waals surface area contributed by atoms with E-state index in [1.165, 1.54) is 4.31 Å². The lowest BCUT2D eigenvalue weighted by Gasteiger charge is -2.29. The number of nitrogens with zero attached hydrogens (tertiary/aromatic N) is 2. The maximum Gasteiger partial charge on any atom is 0.248 e. The number of nitrogens with two attached hydrogens (primary N) is 1. The zero-order valence-corrected chi connectivity index (χ0v) is 12.1. The molecule has 0 saturated carbocycles. The number of aromatic nitrogens is 1. The van der Waals surface area contributed by atoms with Gasteiger partial charge in [-0.25, -0.2) is 8.42 Å². The lowest BCUT2D eigenvalue weighted by atomic mass is 10.1. The molecule has 1 aromatic rings. The van der Waals surface area contributed by atoms with Crippen molar-refractivity contribution in [3.63, 3.8) is 0 Å². The van der Waals surface area contributed by atoms with E-state index in [0.717, 1.165) is 0 Å². The topological polar surface area (TPSA) is 89.4 Å². The van der Waals surface area contributed by atoms with Crippen molar-refractivity contribution in [2.24, 2.45) is 5.73 Å². The Balaban J connectivity index is 0.00000162. The highest BCUT2D eigenvalue weighted by molar-refractivity contribution is 7.89. The van der Waals surface area contributed by atoms with E-state index in [0.29, 0.717) is 37.4 Å². The van der Waals surface area contributed by atoms with Crippen molar-refractivity contribution in [3.8, 4) is 0 Å². The quantitative estimate of drug-likeness (QED) is 0.872. The Kier molecular flexibility index (Phi) is 4.77. The molecular weight excluding hydrogens is 278 g/mol. The molecule has 0 unspecified atom stereocenters. The Morgan fingerprint density at radius 1 is 1.33 bits per heavy atom. The third-order valence-corrected chi connectivity index (χ3v) is 5.21. The van der Waals surface area contributed by atoms with Gasteiger partial charge in [0.05, 0.1) is 0 Å². The van der Waals surface area contributed by atoms with Crippen molar-refractivity contribution in [2.45, 2.75) is 37.6 Å². The molecule has 8 heteroatoms. The molecule has 2 N–H and O–H groups in total. The fraction of sp³-hybridized carbons (Fsp3) is 0.700. The average molecular weight is 296 g/mol. The summed E-state index contributed by atoms with van der Waals surface area (Å²) in [5.74, 6) is 0.345. The molecule has 1 fully saturated rings. The van der Waals surface area contributed by atoms with Crippen molar-refractivity contribution < 1.29 is 12.9 Å². The van der Waals surface area contributed by atoms with Crippen molar-refractivity contribution in [3.05, 3.63) is 11.5 Å². The fourth-order valence-corrected chi connectivity index (χ4v) is 3.85. The molecule has 2 rings (SSSR count). The van der Waals surface area contributed by atoms with Gasteiger partial charge >= 0.3 is 0 Å². The van der Waals surface area contributed by atoms with Gasteiger partial charge in [0.2, 0.25) is 10.0 Å². The van der Waals surface area contributed by atoms with Crippen LogP contribution in [0.5, 0.6) is 0 Å². The first-order valence-electron chi connectivity index (χ1n) is 5.61. The first-order valence-corrected chi connectivity index (χ1v) is 7.05. The lowest BCUT2D eigenvalue weighted by molar-refractivity contribution is 0.319. The van der Waals surface area contributed by atoms with E-state index in [1.807, 2.05) is 0 Å². The second-order valence-corrected chi connectivity index (χ2v) is 6.27. The highest BCUT2D eigenvalue weighted by atomic mass is 35.5. The van der Waals surface area contributed by atoms with Crippen LogP contribution in [0.2, 0.25) is 0 Å². The Hall–Kier alpha value is -0.630. The van der Waals surface area contributed by atoms with Gasteiger partial charge in [-0.3, -0.25) is 0 Å². The summed E-state index contributed by atoms with van der Waals surface area (Å²) in [5, 5.41) is 3.69. The fourth-order valence-electron chi connectivity index (χ4n) is 2.09. The molecule has 2 heterocycles. The smallest absolute Gasteiger partial charge is 0.248 e. The highest BCUT2D eigenvalue weighted by Gasteiger charge is 2.32. The summed E-state index contributed by atoms with van der Waals surface area (Å²) in [4.78, 5) is 0.202. The number of hydrogen-bond acceptors (Lipinski definition) is 5. The van der Waals surface area contributed by atoms with Crippen molar-refractivity contribution in [1.29, 1.82) is 0 Å². The maximum absolute atomic E-state index is 12.4. The first kappa shape index (κ1) is 15.4. The Bertz CT molecular complexity index is 487. The minimum atomic E-state index is -3.48. The summed E-state index contributed by atoms with van der Waals surface area (Å²) < 4.78 is 31.1. The third kappa shape index (κ3) is 2.69. The zero-order chi connectivity index (χ0) is 12.6. The molecule has 0 aliphatic carbocycles. The summed E-state index contributed by atoms with van der Waals surface area (Å²) in [6.45, 7) is 4.18. The van der Waals surface area contributed by atoms with Crippen LogP contribution in [-0.4, -0.2) is 37.0 Å². The molecule has 0 amide bonds. The van der Waals surface area contributed by atoms with Gasteiger partial charge in [0, 0.05) is 19.1 Å². The number of aryl methyl sites for hydroxylation is 2. The minimum Gasteiger partial charge on any atom is -0.360 e. The molecule has 6 nitrogen and oxygen atoms in total. The number of rotatable bonds is 2. The van der Waals surface area contributed by atoms with Crippen LogP contribution in [0.15, 0.2) is 9.42 Å². The number of piperidine rings is 1. The molecule has 104 valence electrons. The Morgan fingerprint density at radius 3 is 2.33 bits per heavy atom. The van der Waals surface area contributed by atoms with Crippen LogP contribution < -0.4 is 5.73 Å². The van der Waals surface area contributed by atoms with E-state index in [9.17, 15) is 8.42 Å². The molecule has 18 heavy (non-hydrogen) atoms. The Labute approximate surface area is 113 Å². The zero-order valence-electron chi connectivity index (χ0n) is 10.4. The van der Waals surface area contributed by atoms with Gasteiger partial charge in [0.25, 0.3) is 0 Å². The van der Waals surface area contributed by atoms with Crippen LogP contribution in [0.25, 0.3) is 0 Å². The monoisotopic (exact) mass is 295 g/mol. The van der Waals surface area contributed by atoms with Crippen molar-refractivity contribution >= 4 is 22.4 Å². The number of sulfonamides is 1. The van der Waals surface area contributed by atoms with Crippen molar-refractivity contribution in [2.75, 3.05) is 13.1 Å². The summed E-state index contributed by atoms with van der Waals surface area (Å²) in [7, 11) is -3.48. The van der Waals surface area contributed by atoms with Crippen LogP contribution in [0.3, 0.4) is 0 Å². The minimum absolute atomic E-state index is 0. The molecule has 0 spiro atoms. The lowest BCUT2D eigenvalue weighted by Crippen LogP contribution is -2.43. The van der Waals surface area contributed by atoms with Crippen LogP contribution in [0.1, 0.15) is 24.3 Å². The normalized spacial score (nSPS) is 18.6. The van der Waals surface area contributed by atoms with E-state index in [2.05, 4.69) is 5.16 Å². The van der Waals surface area contributed by atoms with Crippen molar-refractivity contribution in [1.82, 2.24) is 9.46 Å². The van der Waals surface area contributed by atoms with Gasteiger partial charge in [0.15, 0.2) is 5.76 Å². The molecule has 1 saturated heterocycles. The molecule has 1 aliphatic rings. The molecule has 0 aromatic carbocycles. The molecule has 0 bridgehead atoms. The largest absolute Gasteiger partial charge is 0.360 e. The van der Waals surface area contributed by atoms with Gasteiger partial charge in [-0.05, 0) is 26.7 Å². The van der Waals surface area contributed by atoms with Gasteiger partial charge in [-0.1, -0.05) is 5.16 Å². The predicted octanol–water partition coefficient (Wildman–Crippen LogP) is 0.825. The summed E-state index contributed by atoms with van der Waals surface area (Å²) in [6, 6.07) is 0.103. The molecule has 1 aromatic heterocycles. The first-order chi connectivity index (χ1) is 7.93. The van der Waals surface area contributed by atoms with E-state index in [1.54, 1.807) is 13.8 Å². The summed E-state index contributed by atoms with van der Waals surface area (Å²) in [5.41, 5.74) is 6.18. The molecule has 1 aliphatic heterocycles. The standard InChI is InChI=1S/C10H17N3O3S.ClH/c1-7-10(8(2)16-12-7)17(14,15)13-5-3-9(11)4-6-13;/h9H,3-6,11H2,1-2H3;1H. The Morgan fingerprint density at radius 2 is 1.89 bits per heavy atom. The van der Waals surface area contributed by atoms with Crippen LogP contribution >= 0.6 is 12.4 Å². The molecule has 0 atom stereocenters. The SMILES string of the molecule is Cc1noc(C)c1S(=O)(=O)N1CCC(N)CC1.Cl. The molecular formula is C10H18ClN3O3S. The van der Waals surface area contributed by atoms with E-state index >= 15 is 0 Å².